The Morgan fingerprint density at radius 2 is 1.89 bits per heavy atom. The Hall–Kier alpha value is -2.16. The number of nitrogens with zero attached hydrogens (tertiary/aromatic N) is 1. The average molecular weight is 445 g/mol. The molecule has 150 valence electrons. The second kappa shape index (κ2) is 8.06. The summed E-state index contributed by atoms with van der Waals surface area (Å²) in [5.41, 5.74) is 0.690. The fourth-order valence-corrected chi connectivity index (χ4v) is 4.15. The van der Waals surface area contributed by atoms with Gasteiger partial charge < -0.3 is 14.8 Å². The zero-order valence-corrected chi connectivity index (χ0v) is 17.4. The Labute approximate surface area is 173 Å². The van der Waals surface area contributed by atoms with E-state index in [1.165, 1.54) is 17.5 Å². The summed E-state index contributed by atoms with van der Waals surface area (Å²) in [5, 5.41) is 3.52. The number of nitrogens with one attached hydrogen (secondary N) is 1. The maximum atomic E-state index is 12.8. The Morgan fingerprint density at radius 1 is 1.21 bits per heavy atom. The number of rotatable bonds is 4. The van der Waals surface area contributed by atoms with Gasteiger partial charge in [-0.25, -0.2) is 8.42 Å². The van der Waals surface area contributed by atoms with Crippen LogP contribution in [0.1, 0.15) is 6.42 Å². The monoisotopic (exact) mass is 444 g/mol. The van der Waals surface area contributed by atoms with E-state index in [0.29, 0.717) is 27.2 Å². The minimum absolute atomic E-state index is 0.0664. The van der Waals surface area contributed by atoms with E-state index in [0.717, 1.165) is 6.26 Å². The lowest BCUT2D eigenvalue weighted by Gasteiger charge is -2.21. The number of halogens is 2. The predicted molar refractivity (Wildman–Crippen MR) is 109 cm³/mol. The Kier molecular flexibility index (Phi) is 5.92. The molecule has 0 fully saturated rings. The second-order valence-electron chi connectivity index (χ2n) is 6.18. The number of amides is 1. The molecule has 2 aromatic rings. The highest BCUT2D eigenvalue weighted by molar-refractivity contribution is 7.92. The van der Waals surface area contributed by atoms with Gasteiger partial charge in [0.05, 0.1) is 24.7 Å². The first-order valence-corrected chi connectivity index (χ1v) is 10.9. The molecule has 1 heterocycles. The molecule has 0 aromatic heterocycles. The molecule has 0 bridgehead atoms. The molecule has 28 heavy (non-hydrogen) atoms. The van der Waals surface area contributed by atoms with E-state index in [4.69, 9.17) is 32.7 Å². The van der Waals surface area contributed by atoms with Crippen LogP contribution in [0.25, 0.3) is 0 Å². The van der Waals surface area contributed by atoms with Crippen molar-refractivity contribution in [3.05, 3.63) is 46.4 Å². The molecule has 10 heteroatoms. The zero-order chi connectivity index (χ0) is 20.5. The van der Waals surface area contributed by atoms with Gasteiger partial charge in [0.2, 0.25) is 10.0 Å². The third kappa shape index (κ3) is 4.45. The van der Waals surface area contributed by atoms with Gasteiger partial charge in [0.25, 0.3) is 5.91 Å². The molecule has 0 saturated heterocycles. The fraction of sp³-hybridized carbons (Fsp3) is 0.278. The van der Waals surface area contributed by atoms with Crippen LogP contribution in [0.5, 0.6) is 11.5 Å². The van der Waals surface area contributed by atoms with Gasteiger partial charge in [-0.15, -0.1) is 0 Å². The number of carbonyl (C=O) groups is 1. The smallest absolute Gasteiger partial charge is 0.265 e. The number of methoxy groups -OCH3 is 1. The molecule has 2 aromatic carbocycles. The van der Waals surface area contributed by atoms with Gasteiger partial charge in [-0.3, -0.25) is 9.10 Å². The van der Waals surface area contributed by atoms with E-state index >= 15 is 0 Å². The predicted octanol–water partition coefficient (Wildman–Crippen LogP) is 3.56. The van der Waals surface area contributed by atoms with E-state index in [9.17, 15) is 13.2 Å². The van der Waals surface area contributed by atoms with Gasteiger partial charge in [0.1, 0.15) is 11.5 Å². The summed E-state index contributed by atoms with van der Waals surface area (Å²) in [4.78, 5) is 12.8. The third-order valence-corrected chi connectivity index (χ3v) is 5.82. The van der Waals surface area contributed by atoms with Crippen molar-refractivity contribution in [2.75, 3.05) is 29.5 Å². The van der Waals surface area contributed by atoms with Crippen LogP contribution >= 0.6 is 23.2 Å². The van der Waals surface area contributed by atoms with Crippen molar-refractivity contribution in [1.82, 2.24) is 0 Å². The van der Waals surface area contributed by atoms with Crippen LogP contribution in [-0.4, -0.2) is 40.3 Å². The van der Waals surface area contributed by atoms with Crippen LogP contribution < -0.4 is 19.1 Å². The van der Waals surface area contributed by atoms with Crippen molar-refractivity contribution >= 4 is 50.5 Å². The lowest BCUT2D eigenvalue weighted by atomic mass is 10.2. The molecule has 3 rings (SSSR count). The molecule has 0 radical (unpaired) electrons. The highest BCUT2D eigenvalue weighted by atomic mass is 35.5. The molecule has 1 atom stereocenters. The van der Waals surface area contributed by atoms with Crippen molar-refractivity contribution < 1.29 is 22.7 Å². The summed E-state index contributed by atoms with van der Waals surface area (Å²) in [6, 6.07) is 9.45. The summed E-state index contributed by atoms with van der Waals surface area (Å²) in [5.74, 6) is 0.249. The number of hydrogen-bond donors (Lipinski definition) is 1. The van der Waals surface area contributed by atoms with E-state index in [1.54, 1.807) is 30.3 Å². The average Bonchev–Trinajstić information content (AvgIpc) is 2.81. The third-order valence-electron chi connectivity index (χ3n) is 4.17. The molecule has 7 nitrogen and oxygen atoms in total. The van der Waals surface area contributed by atoms with Gasteiger partial charge in [-0.05, 0) is 36.4 Å². The maximum absolute atomic E-state index is 12.8. The number of anilines is 2. The lowest BCUT2D eigenvalue weighted by Crippen LogP contribution is -2.36. The van der Waals surface area contributed by atoms with Crippen LogP contribution in [0, 0.1) is 0 Å². The van der Waals surface area contributed by atoms with Crippen LogP contribution in [0.2, 0.25) is 10.0 Å². The van der Waals surface area contributed by atoms with Crippen molar-refractivity contribution in [2.24, 2.45) is 0 Å². The minimum atomic E-state index is -3.58. The first kappa shape index (κ1) is 20.6. The van der Waals surface area contributed by atoms with E-state index < -0.39 is 22.0 Å². The molecule has 0 aliphatic carbocycles. The molecule has 1 N–H and O–H groups in total. The van der Waals surface area contributed by atoms with E-state index in [2.05, 4.69) is 5.32 Å². The second-order valence-corrected chi connectivity index (χ2v) is 8.96. The number of benzene rings is 2. The maximum Gasteiger partial charge on any atom is 0.265 e. The Bertz CT molecular complexity index is 1010. The number of ether oxygens (including phenoxy) is 2. The summed E-state index contributed by atoms with van der Waals surface area (Å²) >= 11 is 12.0. The zero-order valence-electron chi connectivity index (χ0n) is 15.1. The van der Waals surface area contributed by atoms with Crippen LogP contribution in [-0.2, 0) is 14.8 Å². The molecular formula is C18H18Cl2N2O5S. The molecule has 1 aliphatic rings. The lowest BCUT2D eigenvalue weighted by molar-refractivity contribution is -0.122. The minimum Gasteiger partial charge on any atom is -0.495 e. The van der Waals surface area contributed by atoms with E-state index in [-0.39, 0.29) is 18.7 Å². The van der Waals surface area contributed by atoms with E-state index in [1.807, 2.05) is 0 Å². The molecule has 1 aliphatic heterocycles. The number of fused-ring (bicyclic) bond motifs is 1. The van der Waals surface area contributed by atoms with Gasteiger partial charge in [0, 0.05) is 23.0 Å². The van der Waals surface area contributed by atoms with Gasteiger partial charge in [-0.2, -0.15) is 0 Å². The molecule has 1 amide bonds. The molecule has 0 unspecified atom stereocenters. The summed E-state index contributed by atoms with van der Waals surface area (Å²) < 4.78 is 36.6. The van der Waals surface area contributed by atoms with Gasteiger partial charge in [0.15, 0.2) is 6.10 Å². The van der Waals surface area contributed by atoms with Crippen LogP contribution in [0.4, 0.5) is 11.4 Å². The molecule has 0 spiro atoms. The molecule has 0 saturated carbocycles. The van der Waals surface area contributed by atoms with Crippen LogP contribution in [0.3, 0.4) is 0 Å². The topological polar surface area (TPSA) is 84.9 Å². The number of sulfonamides is 1. The van der Waals surface area contributed by atoms with Crippen molar-refractivity contribution in [1.29, 1.82) is 0 Å². The summed E-state index contributed by atoms with van der Waals surface area (Å²) in [6.07, 6.45) is 0.318. The van der Waals surface area contributed by atoms with Crippen molar-refractivity contribution in [2.45, 2.75) is 12.5 Å². The highest BCUT2D eigenvalue weighted by Crippen LogP contribution is 2.37. The van der Waals surface area contributed by atoms with Crippen molar-refractivity contribution in [3.63, 3.8) is 0 Å². The van der Waals surface area contributed by atoms with Crippen molar-refractivity contribution in [3.8, 4) is 11.5 Å². The Morgan fingerprint density at radius 3 is 2.57 bits per heavy atom. The number of hydrogen-bond acceptors (Lipinski definition) is 5. The van der Waals surface area contributed by atoms with Gasteiger partial charge >= 0.3 is 0 Å². The van der Waals surface area contributed by atoms with Gasteiger partial charge in [-0.1, -0.05) is 23.2 Å². The summed E-state index contributed by atoms with van der Waals surface area (Å²) in [7, 11) is -2.10. The van der Waals surface area contributed by atoms with Crippen LogP contribution in [0.15, 0.2) is 36.4 Å². The quantitative estimate of drug-likeness (QED) is 0.778. The summed E-state index contributed by atoms with van der Waals surface area (Å²) in [6.45, 7) is 0.0664. The highest BCUT2D eigenvalue weighted by Gasteiger charge is 2.31. The normalized spacial score (nSPS) is 16.6. The first-order valence-electron chi connectivity index (χ1n) is 8.27. The standard InChI is InChI=1S/C18H18Cl2N2O5S/c1-26-15-5-3-11(19)9-13(15)21-18(23)17-7-8-22(28(2,24)25)14-10-12(20)4-6-16(14)27-17/h3-6,9-10,17H,7-8H2,1-2H3,(H,21,23)/t17-/m0/s1. The first-order chi connectivity index (χ1) is 13.2. The largest absolute Gasteiger partial charge is 0.495 e. The fourth-order valence-electron chi connectivity index (χ4n) is 2.87. The SMILES string of the molecule is COc1ccc(Cl)cc1NC(=O)[C@@H]1CCN(S(C)(=O)=O)c2cc(Cl)ccc2O1. The molecular weight excluding hydrogens is 427 g/mol. The number of carbonyl (C=O) groups excluding carboxylic acids is 1. The Balaban J connectivity index is 1.90.